The third-order valence-corrected chi connectivity index (χ3v) is 2.72. The maximum absolute atomic E-state index is 5.00. The summed E-state index contributed by atoms with van der Waals surface area (Å²) in [5.41, 5.74) is 0. The normalized spacial score (nSPS) is 13.0. The summed E-state index contributed by atoms with van der Waals surface area (Å²) in [4.78, 5) is 9.63. The van der Waals surface area contributed by atoms with Gasteiger partial charge in [0.05, 0.1) is 13.2 Å². The van der Waals surface area contributed by atoms with Crippen LogP contribution >= 0.6 is 0 Å². The average molecular weight is 216 g/mol. The molecule has 0 saturated carbocycles. The van der Waals surface area contributed by atoms with Crippen molar-refractivity contribution in [2.75, 3.05) is 7.11 Å². The van der Waals surface area contributed by atoms with Gasteiger partial charge in [0.1, 0.15) is 0 Å². The van der Waals surface area contributed by atoms with Crippen molar-refractivity contribution >= 4 is 0 Å². The van der Waals surface area contributed by atoms with E-state index in [1.165, 1.54) is 51.4 Å². The molecule has 0 bridgehead atoms. The Morgan fingerprint density at radius 2 is 1.40 bits per heavy atom. The molecule has 0 aliphatic rings. The van der Waals surface area contributed by atoms with Crippen molar-refractivity contribution in [3.63, 3.8) is 0 Å². The van der Waals surface area contributed by atoms with E-state index in [1.54, 1.807) is 7.11 Å². The highest BCUT2D eigenvalue weighted by atomic mass is 17.2. The minimum atomic E-state index is 0.245. The highest BCUT2D eigenvalue weighted by molar-refractivity contribution is 4.50. The van der Waals surface area contributed by atoms with Crippen LogP contribution < -0.4 is 0 Å². The zero-order valence-electron chi connectivity index (χ0n) is 10.8. The number of rotatable bonds is 11. The zero-order chi connectivity index (χ0) is 11.4. The summed E-state index contributed by atoms with van der Waals surface area (Å²) >= 11 is 0. The van der Waals surface area contributed by atoms with Gasteiger partial charge in [0.2, 0.25) is 0 Å². The lowest BCUT2D eigenvalue weighted by Crippen LogP contribution is -2.06. The summed E-state index contributed by atoms with van der Waals surface area (Å²) in [6, 6.07) is 0. The van der Waals surface area contributed by atoms with Crippen LogP contribution in [0, 0.1) is 0 Å². The molecule has 0 N–H and O–H groups in total. The molecule has 0 rings (SSSR count). The smallest absolute Gasteiger partial charge is 0.0901 e. The maximum atomic E-state index is 5.00. The lowest BCUT2D eigenvalue weighted by atomic mass is 10.1. The summed E-state index contributed by atoms with van der Waals surface area (Å²) in [5, 5.41) is 0. The second-order valence-corrected chi connectivity index (χ2v) is 4.34. The van der Waals surface area contributed by atoms with Crippen molar-refractivity contribution in [1.29, 1.82) is 0 Å². The van der Waals surface area contributed by atoms with Crippen molar-refractivity contribution in [3.8, 4) is 0 Å². The molecule has 0 aromatic carbocycles. The van der Waals surface area contributed by atoms with Gasteiger partial charge in [-0.25, -0.2) is 9.78 Å². The fourth-order valence-corrected chi connectivity index (χ4v) is 1.78. The summed E-state index contributed by atoms with van der Waals surface area (Å²) in [6.07, 6.45) is 12.3. The van der Waals surface area contributed by atoms with Crippen LogP contribution in [0.3, 0.4) is 0 Å². The van der Waals surface area contributed by atoms with Crippen LogP contribution in [0.25, 0.3) is 0 Å². The fourth-order valence-electron chi connectivity index (χ4n) is 1.78. The number of unbranched alkanes of at least 4 members (excludes halogenated alkanes) is 7. The van der Waals surface area contributed by atoms with Crippen LogP contribution in [0.1, 0.15) is 71.6 Å². The van der Waals surface area contributed by atoms with E-state index in [0.717, 1.165) is 6.42 Å². The van der Waals surface area contributed by atoms with Crippen molar-refractivity contribution in [3.05, 3.63) is 0 Å². The fraction of sp³-hybridized carbons (Fsp3) is 1.00. The van der Waals surface area contributed by atoms with Gasteiger partial charge in [0.25, 0.3) is 0 Å². The second kappa shape index (κ2) is 12.0. The van der Waals surface area contributed by atoms with Crippen LogP contribution in [0.2, 0.25) is 0 Å². The van der Waals surface area contributed by atoms with Gasteiger partial charge in [0.15, 0.2) is 0 Å². The third-order valence-electron chi connectivity index (χ3n) is 2.72. The van der Waals surface area contributed by atoms with Crippen molar-refractivity contribution in [2.45, 2.75) is 77.7 Å². The Bertz CT molecular complexity index is 115. The van der Waals surface area contributed by atoms with E-state index in [2.05, 4.69) is 18.7 Å². The molecule has 0 radical (unpaired) electrons. The zero-order valence-corrected chi connectivity index (χ0v) is 10.8. The molecule has 1 atom stereocenters. The number of hydrogen-bond donors (Lipinski definition) is 0. The van der Waals surface area contributed by atoms with Gasteiger partial charge < -0.3 is 0 Å². The molecule has 0 spiro atoms. The predicted octanol–water partition coefficient (Wildman–Crippen LogP) is 4.48. The number of hydrogen-bond acceptors (Lipinski definition) is 2. The molecular formula is C13H28O2. The molecule has 15 heavy (non-hydrogen) atoms. The van der Waals surface area contributed by atoms with E-state index >= 15 is 0 Å². The second-order valence-electron chi connectivity index (χ2n) is 4.34. The Kier molecular flexibility index (Phi) is 11.9. The van der Waals surface area contributed by atoms with E-state index in [0.29, 0.717) is 0 Å². The van der Waals surface area contributed by atoms with E-state index in [9.17, 15) is 0 Å². The molecule has 0 aliphatic carbocycles. The van der Waals surface area contributed by atoms with Crippen molar-refractivity contribution in [1.82, 2.24) is 0 Å². The molecule has 1 unspecified atom stereocenters. The van der Waals surface area contributed by atoms with Gasteiger partial charge in [-0.05, 0) is 13.3 Å². The molecule has 0 heterocycles. The first-order chi connectivity index (χ1) is 7.31. The van der Waals surface area contributed by atoms with Crippen LogP contribution in [0.15, 0.2) is 0 Å². The Hall–Kier alpha value is -0.0800. The van der Waals surface area contributed by atoms with Crippen LogP contribution in [-0.2, 0) is 9.78 Å². The molecule has 0 aliphatic heterocycles. The van der Waals surface area contributed by atoms with Gasteiger partial charge in [-0.15, -0.1) is 0 Å². The van der Waals surface area contributed by atoms with E-state index in [-0.39, 0.29) is 6.10 Å². The minimum absolute atomic E-state index is 0.245. The lowest BCUT2D eigenvalue weighted by Gasteiger charge is -2.09. The molecular weight excluding hydrogens is 188 g/mol. The summed E-state index contributed by atoms with van der Waals surface area (Å²) < 4.78 is 0. The summed E-state index contributed by atoms with van der Waals surface area (Å²) in [5.74, 6) is 0. The molecule has 0 aromatic rings. The molecule has 0 fully saturated rings. The van der Waals surface area contributed by atoms with Gasteiger partial charge in [0, 0.05) is 0 Å². The average Bonchev–Trinajstić information content (AvgIpc) is 2.22. The molecule has 92 valence electrons. The van der Waals surface area contributed by atoms with E-state index in [1.807, 2.05) is 0 Å². The Morgan fingerprint density at radius 3 is 1.93 bits per heavy atom. The molecule has 0 amide bonds. The maximum Gasteiger partial charge on any atom is 0.0901 e. The summed E-state index contributed by atoms with van der Waals surface area (Å²) in [6.45, 7) is 4.32. The van der Waals surface area contributed by atoms with Crippen LogP contribution in [0.4, 0.5) is 0 Å². The largest absolute Gasteiger partial charge is 0.240 e. The first kappa shape index (κ1) is 14.9. The lowest BCUT2D eigenvalue weighted by molar-refractivity contribution is -0.301. The molecule has 0 saturated heterocycles. The summed E-state index contributed by atoms with van der Waals surface area (Å²) in [7, 11) is 1.57. The molecule has 2 nitrogen and oxygen atoms in total. The highest BCUT2D eigenvalue weighted by Crippen LogP contribution is 2.11. The Balaban J connectivity index is 2.98. The SMILES string of the molecule is CCCCCCCCCCC(C)OOC. The first-order valence-electron chi connectivity index (χ1n) is 6.50. The molecule has 2 heteroatoms. The minimum Gasteiger partial charge on any atom is -0.240 e. The van der Waals surface area contributed by atoms with Gasteiger partial charge >= 0.3 is 0 Å². The topological polar surface area (TPSA) is 18.5 Å². The molecule has 0 aromatic heterocycles. The van der Waals surface area contributed by atoms with E-state index in [4.69, 9.17) is 4.89 Å². The first-order valence-corrected chi connectivity index (χ1v) is 6.50. The predicted molar refractivity (Wildman–Crippen MR) is 64.8 cm³/mol. The van der Waals surface area contributed by atoms with Gasteiger partial charge in [-0.3, -0.25) is 0 Å². The quantitative estimate of drug-likeness (QED) is 0.288. The van der Waals surface area contributed by atoms with E-state index < -0.39 is 0 Å². The monoisotopic (exact) mass is 216 g/mol. The van der Waals surface area contributed by atoms with Crippen molar-refractivity contribution in [2.24, 2.45) is 0 Å². The third kappa shape index (κ3) is 11.8. The van der Waals surface area contributed by atoms with Crippen molar-refractivity contribution < 1.29 is 9.78 Å². The van der Waals surface area contributed by atoms with Gasteiger partial charge in [-0.1, -0.05) is 58.3 Å². The standard InChI is InChI=1S/C13H28O2/c1-4-5-6-7-8-9-10-11-12-13(2)15-14-3/h13H,4-12H2,1-3H3. The highest BCUT2D eigenvalue weighted by Gasteiger charge is 2.01. The Labute approximate surface area is 95.3 Å². The van der Waals surface area contributed by atoms with Gasteiger partial charge in [-0.2, -0.15) is 0 Å². The van der Waals surface area contributed by atoms with Crippen LogP contribution in [-0.4, -0.2) is 13.2 Å². The van der Waals surface area contributed by atoms with Crippen LogP contribution in [0.5, 0.6) is 0 Å². The Morgan fingerprint density at radius 1 is 0.867 bits per heavy atom.